The quantitative estimate of drug-likeness (QED) is 0.744. The van der Waals surface area contributed by atoms with Crippen LogP contribution < -0.4 is 4.90 Å². The van der Waals surface area contributed by atoms with E-state index >= 15 is 0 Å². The number of urea groups is 1. The number of hydrogen-bond acceptors (Lipinski definition) is 4. The summed E-state index contributed by atoms with van der Waals surface area (Å²) in [6, 6.07) is 5.83. The number of ether oxygens (including phenoxy) is 2. The normalized spacial score (nSPS) is 26.6. The number of rotatable bonds is 1. The first kappa shape index (κ1) is 18.2. The molecule has 1 spiro atoms. The Morgan fingerprint density at radius 2 is 1.78 bits per heavy atom. The van der Waals surface area contributed by atoms with Gasteiger partial charge in [-0.3, -0.25) is 4.79 Å². The summed E-state index contributed by atoms with van der Waals surface area (Å²) in [5.41, 5.74) is -0.167. The van der Waals surface area contributed by atoms with Gasteiger partial charge in [0, 0.05) is 25.3 Å². The molecule has 3 fully saturated rings. The van der Waals surface area contributed by atoms with E-state index in [1.165, 1.54) is 12.1 Å². The minimum Gasteiger partial charge on any atom is -0.376 e. The van der Waals surface area contributed by atoms with Gasteiger partial charge in [0.1, 0.15) is 18.0 Å². The molecule has 3 amide bonds. The van der Waals surface area contributed by atoms with Gasteiger partial charge >= 0.3 is 6.03 Å². The molecule has 7 nitrogen and oxygen atoms in total. The van der Waals surface area contributed by atoms with E-state index in [0.717, 1.165) is 25.9 Å². The highest BCUT2D eigenvalue weighted by Gasteiger charge is 2.45. The Hall–Kier alpha value is -2.19. The summed E-state index contributed by atoms with van der Waals surface area (Å²) >= 11 is 0. The van der Waals surface area contributed by atoms with Crippen LogP contribution in [0.3, 0.4) is 0 Å². The average Bonchev–Trinajstić information content (AvgIpc) is 3.13. The minimum absolute atomic E-state index is 0.00575. The van der Waals surface area contributed by atoms with Crippen LogP contribution in [0.15, 0.2) is 24.3 Å². The van der Waals surface area contributed by atoms with Gasteiger partial charge in [0.05, 0.1) is 26.3 Å². The molecule has 8 heteroatoms. The van der Waals surface area contributed by atoms with Crippen molar-refractivity contribution in [1.82, 2.24) is 9.80 Å². The highest BCUT2D eigenvalue weighted by molar-refractivity contribution is 5.95. The smallest absolute Gasteiger partial charge is 0.320 e. The van der Waals surface area contributed by atoms with Crippen molar-refractivity contribution in [2.24, 2.45) is 0 Å². The van der Waals surface area contributed by atoms with E-state index in [4.69, 9.17) is 9.47 Å². The van der Waals surface area contributed by atoms with Crippen molar-refractivity contribution >= 4 is 17.6 Å². The highest BCUT2D eigenvalue weighted by atomic mass is 19.1. The Morgan fingerprint density at radius 1 is 1.04 bits per heavy atom. The molecule has 1 atom stereocenters. The number of carbonyl (C=O) groups excluding carboxylic acids is 2. The predicted molar refractivity (Wildman–Crippen MR) is 96.0 cm³/mol. The van der Waals surface area contributed by atoms with Crippen molar-refractivity contribution in [1.29, 1.82) is 0 Å². The van der Waals surface area contributed by atoms with Crippen molar-refractivity contribution in [2.45, 2.75) is 18.4 Å². The maximum absolute atomic E-state index is 13.2. The Bertz CT molecular complexity index is 707. The molecule has 0 aliphatic carbocycles. The lowest BCUT2D eigenvalue weighted by Crippen LogP contribution is -2.62. The highest BCUT2D eigenvalue weighted by Crippen LogP contribution is 2.28. The van der Waals surface area contributed by atoms with Crippen LogP contribution in [0.1, 0.15) is 12.8 Å². The molecule has 0 saturated carbocycles. The van der Waals surface area contributed by atoms with Crippen LogP contribution in [0.2, 0.25) is 0 Å². The molecular formula is C19H24FN3O4. The Balaban J connectivity index is 1.53. The number of morpholine rings is 1. The summed E-state index contributed by atoms with van der Waals surface area (Å²) in [7, 11) is 0. The molecule has 4 rings (SSSR count). The van der Waals surface area contributed by atoms with Gasteiger partial charge < -0.3 is 24.2 Å². The third kappa shape index (κ3) is 3.77. The van der Waals surface area contributed by atoms with Gasteiger partial charge in [-0.15, -0.1) is 0 Å². The van der Waals surface area contributed by atoms with E-state index in [-0.39, 0.29) is 30.9 Å². The molecule has 27 heavy (non-hydrogen) atoms. The molecule has 0 radical (unpaired) electrons. The molecule has 3 saturated heterocycles. The molecule has 0 unspecified atom stereocenters. The zero-order valence-electron chi connectivity index (χ0n) is 15.2. The summed E-state index contributed by atoms with van der Waals surface area (Å²) < 4.78 is 24.9. The van der Waals surface area contributed by atoms with Gasteiger partial charge in [-0.1, -0.05) is 0 Å². The minimum atomic E-state index is -0.784. The topological polar surface area (TPSA) is 62.3 Å². The lowest BCUT2D eigenvalue weighted by molar-refractivity contribution is -0.145. The second-order valence-electron chi connectivity index (χ2n) is 7.38. The second kappa shape index (κ2) is 7.44. The number of likely N-dealkylation sites (tertiary alicyclic amines) is 1. The van der Waals surface area contributed by atoms with Gasteiger partial charge in [-0.2, -0.15) is 0 Å². The lowest BCUT2D eigenvalue weighted by Gasteiger charge is -2.43. The van der Waals surface area contributed by atoms with Crippen LogP contribution in [-0.2, 0) is 14.3 Å². The molecule has 0 aromatic heterocycles. The average molecular weight is 377 g/mol. The lowest BCUT2D eigenvalue weighted by atomic mass is 10.0. The van der Waals surface area contributed by atoms with Gasteiger partial charge in [-0.25, -0.2) is 9.18 Å². The van der Waals surface area contributed by atoms with Crippen LogP contribution in [-0.4, -0.2) is 79.9 Å². The number of halogens is 1. The number of amides is 3. The van der Waals surface area contributed by atoms with E-state index in [1.807, 2.05) is 4.90 Å². The van der Waals surface area contributed by atoms with Crippen LogP contribution in [0.25, 0.3) is 0 Å². The van der Waals surface area contributed by atoms with Crippen LogP contribution in [0.5, 0.6) is 0 Å². The summed E-state index contributed by atoms with van der Waals surface area (Å²) in [5.74, 6) is -0.539. The summed E-state index contributed by atoms with van der Waals surface area (Å²) in [6.07, 6.45) is 2.06. The van der Waals surface area contributed by atoms with E-state index in [9.17, 15) is 14.0 Å². The fourth-order valence-corrected chi connectivity index (χ4v) is 3.93. The first-order valence-electron chi connectivity index (χ1n) is 9.38. The number of hydrogen-bond donors (Lipinski definition) is 0. The number of benzene rings is 1. The van der Waals surface area contributed by atoms with Crippen molar-refractivity contribution < 1.29 is 23.5 Å². The summed E-state index contributed by atoms with van der Waals surface area (Å²) in [4.78, 5) is 30.5. The number of nitrogens with zero attached hydrogens (tertiary/aromatic N) is 3. The SMILES string of the molecule is O=C(N1CCCC1)N1CCOC[C@]2(C1)CN(c1ccc(F)cc1)C(=O)CO2. The summed E-state index contributed by atoms with van der Waals surface area (Å²) in [5, 5.41) is 0. The van der Waals surface area contributed by atoms with Crippen molar-refractivity contribution in [3.8, 4) is 0 Å². The van der Waals surface area contributed by atoms with E-state index in [0.29, 0.717) is 32.0 Å². The third-order valence-electron chi connectivity index (χ3n) is 5.38. The molecule has 1 aromatic rings. The van der Waals surface area contributed by atoms with Crippen molar-refractivity contribution in [2.75, 3.05) is 57.4 Å². The maximum Gasteiger partial charge on any atom is 0.320 e. The molecule has 1 aromatic carbocycles. The Labute approximate surface area is 157 Å². The Morgan fingerprint density at radius 3 is 2.52 bits per heavy atom. The zero-order chi connectivity index (χ0) is 18.9. The number of anilines is 1. The standard InChI is InChI=1S/C19H24FN3O4/c20-15-3-5-16(6-4-15)23-13-19(27-11-17(23)24)12-22(9-10-26-14-19)18(25)21-7-1-2-8-21/h3-6H,1-2,7-14H2/t19-/m0/s1. The molecule has 3 aliphatic heterocycles. The van der Waals surface area contributed by atoms with E-state index < -0.39 is 5.60 Å². The van der Waals surface area contributed by atoms with Crippen molar-refractivity contribution in [3.63, 3.8) is 0 Å². The van der Waals surface area contributed by atoms with Crippen LogP contribution in [0, 0.1) is 5.82 Å². The van der Waals surface area contributed by atoms with Crippen LogP contribution in [0.4, 0.5) is 14.9 Å². The molecular weight excluding hydrogens is 353 g/mol. The maximum atomic E-state index is 13.2. The molecule has 3 heterocycles. The van der Waals surface area contributed by atoms with Gasteiger partial charge in [0.15, 0.2) is 0 Å². The summed E-state index contributed by atoms with van der Waals surface area (Å²) in [6.45, 7) is 3.36. The van der Waals surface area contributed by atoms with Gasteiger partial charge in [0.2, 0.25) is 0 Å². The molecule has 0 N–H and O–H groups in total. The zero-order valence-corrected chi connectivity index (χ0v) is 15.2. The van der Waals surface area contributed by atoms with E-state index in [2.05, 4.69) is 0 Å². The largest absolute Gasteiger partial charge is 0.376 e. The Kier molecular flexibility index (Phi) is 5.01. The number of carbonyl (C=O) groups is 2. The molecule has 0 bridgehead atoms. The predicted octanol–water partition coefficient (Wildman–Crippen LogP) is 1.48. The van der Waals surface area contributed by atoms with Crippen molar-refractivity contribution in [3.05, 3.63) is 30.1 Å². The third-order valence-corrected chi connectivity index (χ3v) is 5.38. The molecule has 146 valence electrons. The monoisotopic (exact) mass is 377 g/mol. The molecule has 3 aliphatic rings. The first-order chi connectivity index (χ1) is 13.1. The van der Waals surface area contributed by atoms with Crippen LogP contribution >= 0.6 is 0 Å². The second-order valence-corrected chi connectivity index (χ2v) is 7.38. The van der Waals surface area contributed by atoms with E-state index in [1.54, 1.807) is 21.9 Å². The van der Waals surface area contributed by atoms with Gasteiger partial charge in [0.25, 0.3) is 5.91 Å². The van der Waals surface area contributed by atoms with Gasteiger partial charge in [-0.05, 0) is 37.1 Å². The first-order valence-corrected chi connectivity index (χ1v) is 9.38. The fourth-order valence-electron chi connectivity index (χ4n) is 3.93. The fraction of sp³-hybridized carbons (Fsp3) is 0.579.